The third-order valence-electron chi connectivity index (χ3n) is 4.69. The van der Waals surface area contributed by atoms with Gasteiger partial charge in [-0.05, 0) is 33.5 Å². The Morgan fingerprint density at radius 3 is 1.36 bits per heavy atom. The summed E-state index contributed by atoms with van der Waals surface area (Å²) in [5, 5.41) is 0. The zero-order chi connectivity index (χ0) is 21.5. The van der Waals surface area contributed by atoms with Crippen molar-refractivity contribution in [3.05, 3.63) is 0 Å². The van der Waals surface area contributed by atoms with E-state index in [1.807, 2.05) is 0 Å². The maximum atomic E-state index is 10.2. The molecule has 0 bridgehead atoms. The van der Waals surface area contributed by atoms with E-state index in [4.69, 9.17) is 4.55 Å². The van der Waals surface area contributed by atoms with Crippen LogP contribution in [0.1, 0.15) is 117 Å². The fourth-order valence-electron chi connectivity index (χ4n) is 2.96. The van der Waals surface area contributed by atoms with Crippen LogP contribution in [0.25, 0.3) is 0 Å². The van der Waals surface area contributed by atoms with Crippen molar-refractivity contribution in [2.75, 3.05) is 27.2 Å². The average molecular weight is 424 g/mol. The molecule has 0 atom stereocenters. The van der Waals surface area contributed by atoms with E-state index in [1.54, 1.807) is 0 Å². The fraction of sp³-hybridized carbons (Fsp3) is 1.00. The first-order valence-corrected chi connectivity index (χ1v) is 13.0. The lowest BCUT2D eigenvalue weighted by Crippen LogP contribution is -2.12. The first-order valence-electron chi connectivity index (χ1n) is 11.6. The van der Waals surface area contributed by atoms with Crippen molar-refractivity contribution < 1.29 is 17.2 Å². The molecule has 0 aromatic rings. The molecular formula is C22H49NO4S. The van der Waals surface area contributed by atoms with Crippen molar-refractivity contribution in [3.8, 4) is 0 Å². The second-order valence-corrected chi connectivity index (χ2v) is 9.09. The van der Waals surface area contributed by atoms with Crippen LogP contribution >= 0.6 is 0 Å². The molecule has 0 rings (SSSR count). The van der Waals surface area contributed by atoms with Crippen molar-refractivity contribution in [2.24, 2.45) is 0 Å². The zero-order valence-electron chi connectivity index (χ0n) is 19.3. The van der Waals surface area contributed by atoms with Gasteiger partial charge in [0.2, 0.25) is 0 Å². The topological polar surface area (TPSA) is 66.8 Å². The molecule has 5 nitrogen and oxygen atoms in total. The van der Waals surface area contributed by atoms with Crippen LogP contribution in [0.2, 0.25) is 0 Å². The summed E-state index contributed by atoms with van der Waals surface area (Å²) in [5.41, 5.74) is 0. The van der Waals surface area contributed by atoms with Crippen LogP contribution in [0, 0.1) is 0 Å². The maximum Gasteiger partial charge on any atom is 0.397 e. The van der Waals surface area contributed by atoms with Gasteiger partial charge in [0.15, 0.2) is 0 Å². The molecule has 0 heterocycles. The second kappa shape index (κ2) is 23.1. The number of rotatable bonds is 19. The highest BCUT2D eigenvalue weighted by Crippen LogP contribution is 2.09. The summed E-state index contributed by atoms with van der Waals surface area (Å²) < 4.78 is 32.9. The Labute approximate surface area is 176 Å². The molecule has 0 aromatic heterocycles. The van der Waals surface area contributed by atoms with Gasteiger partial charge in [-0.15, -0.1) is 0 Å². The summed E-state index contributed by atoms with van der Waals surface area (Å²) in [7, 11) is 0.0680. The summed E-state index contributed by atoms with van der Waals surface area (Å²) in [6.45, 7) is 5.82. The molecule has 0 radical (unpaired) electrons. The van der Waals surface area contributed by atoms with Crippen LogP contribution in [0.4, 0.5) is 0 Å². The molecule has 0 saturated heterocycles. The number of unbranched alkanes of at least 4 members (excludes halogenated alkanes) is 14. The summed E-state index contributed by atoms with van der Waals surface area (Å²) in [4.78, 5) is 2.27. The van der Waals surface area contributed by atoms with Gasteiger partial charge in [-0.3, -0.25) is 4.55 Å². The summed E-state index contributed by atoms with van der Waals surface area (Å²) in [6, 6.07) is 0. The van der Waals surface area contributed by atoms with Crippen LogP contribution in [-0.4, -0.2) is 45.1 Å². The van der Waals surface area contributed by atoms with Gasteiger partial charge in [0.1, 0.15) is 0 Å². The highest BCUT2D eigenvalue weighted by atomic mass is 32.3. The van der Waals surface area contributed by atoms with E-state index in [0.29, 0.717) is 6.42 Å². The first-order chi connectivity index (χ1) is 13.3. The molecule has 172 valence electrons. The highest BCUT2D eigenvalue weighted by molar-refractivity contribution is 7.80. The van der Waals surface area contributed by atoms with Crippen molar-refractivity contribution in [1.82, 2.24) is 4.90 Å². The van der Waals surface area contributed by atoms with Crippen molar-refractivity contribution in [2.45, 2.75) is 117 Å². The zero-order valence-corrected chi connectivity index (χ0v) is 20.1. The van der Waals surface area contributed by atoms with Gasteiger partial charge in [-0.25, -0.2) is 4.18 Å². The highest BCUT2D eigenvalue weighted by Gasteiger charge is 2.02. The molecule has 0 spiro atoms. The standard InChI is InChI=1S/C11H25N.C11H24O4S/c1-4-5-6-7-8-9-10-11-12(2)3;1-2-3-4-5-6-7-8-9-10-11-15-16(12,13)14/h4-11H2,1-3H3;2-11H2,1H3,(H,12,13,14). The minimum atomic E-state index is -4.23. The molecule has 0 saturated carbocycles. The Hall–Kier alpha value is -0.170. The molecule has 0 aromatic carbocycles. The van der Waals surface area contributed by atoms with Crippen LogP contribution in [0.5, 0.6) is 0 Å². The Balaban J connectivity index is 0. The Morgan fingerprint density at radius 1 is 0.643 bits per heavy atom. The summed E-state index contributed by atoms with van der Waals surface area (Å²) >= 11 is 0. The number of hydrogen-bond donors (Lipinski definition) is 1. The average Bonchev–Trinajstić information content (AvgIpc) is 2.62. The molecule has 0 aliphatic heterocycles. The van der Waals surface area contributed by atoms with Crippen molar-refractivity contribution >= 4 is 10.4 Å². The number of hydrogen-bond acceptors (Lipinski definition) is 4. The monoisotopic (exact) mass is 423 g/mol. The van der Waals surface area contributed by atoms with E-state index in [1.165, 1.54) is 90.0 Å². The summed E-state index contributed by atoms with van der Waals surface area (Å²) in [6.07, 6.45) is 20.3. The molecule has 0 fully saturated rings. The lowest BCUT2D eigenvalue weighted by atomic mass is 10.1. The maximum absolute atomic E-state index is 10.2. The van der Waals surface area contributed by atoms with Gasteiger partial charge >= 0.3 is 10.4 Å². The second-order valence-electron chi connectivity index (χ2n) is 8.00. The minimum absolute atomic E-state index is 0.0919. The summed E-state index contributed by atoms with van der Waals surface area (Å²) in [5.74, 6) is 0. The molecule has 28 heavy (non-hydrogen) atoms. The fourth-order valence-corrected chi connectivity index (χ4v) is 3.29. The van der Waals surface area contributed by atoms with Crippen LogP contribution < -0.4 is 0 Å². The predicted octanol–water partition coefficient (Wildman–Crippen LogP) is 6.64. The van der Waals surface area contributed by atoms with Crippen LogP contribution in [-0.2, 0) is 14.6 Å². The molecule has 0 aliphatic rings. The van der Waals surface area contributed by atoms with Gasteiger partial charge in [0, 0.05) is 0 Å². The number of nitrogens with zero attached hydrogens (tertiary/aromatic N) is 1. The van der Waals surface area contributed by atoms with E-state index in [-0.39, 0.29) is 6.61 Å². The lowest BCUT2D eigenvalue weighted by molar-refractivity contribution is 0.261. The minimum Gasteiger partial charge on any atom is -0.309 e. The van der Waals surface area contributed by atoms with Crippen LogP contribution in [0.15, 0.2) is 0 Å². The SMILES string of the molecule is CCCCCCCCCCCOS(=O)(=O)O.CCCCCCCCCN(C)C. The first kappa shape index (κ1) is 30.0. The quantitative estimate of drug-likeness (QED) is 0.186. The normalized spacial score (nSPS) is 11.5. The van der Waals surface area contributed by atoms with Gasteiger partial charge in [-0.1, -0.05) is 104 Å². The Morgan fingerprint density at radius 2 is 1.00 bits per heavy atom. The predicted molar refractivity (Wildman–Crippen MR) is 121 cm³/mol. The van der Waals surface area contributed by atoms with E-state index in [0.717, 1.165) is 12.8 Å². The van der Waals surface area contributed by atoms with Gasteiger partial charge < -0.3 is 4.90 Å². The van der Waals surface area contributed by atoms with Crippen molar-refractivity contribution in [1.29, 1.82) is 0 Å². The smallest absolute Gasteiger partial charge is 0.309 e. The molecule has 0 amide bonds. The Bertz CT molecular complexity index is 386. The molecule has 0 aliphatic carbocycles. The van der Waals surface area contributed by atoms with E-state index in [2.05, 4.69) is 37.0 Å². The van der Waals surface area contributed by atoms with Gasteiger partial charge in [-0.2, -0.15) is 8.42 Å². The van der Waals surface area contributed by atoms with E-state index in [9.17, 15) is 8.42 Å². The third kappa shape index (κ3) is 33.4. The Kier molecular flexibility index (Phi) is 24.8. The largest absolute Gasteiger partial charge is 0.397 e. The molecule has 1 N–H and O–H groups in total. The third-order valence-corrected chi connectivity index (χ3v) is 5.15. The molecular weight excluding hydrogens is 374 g/mol. The van der Waals surface area contributed by atoms with E-state index >= 15 is 0 Å². The molecule has 0 unspecified atom stereocenters. The molecule has 6 heteroatoms. The van der Waals surface area contributed by atoms with Gasteiger partial charge in [0.25, 0.3) is 0 Å². The van der Waals surface area contributed by atoms with Gasteiger partial charge in [0.05, 0.1) is 6.61 Å². The van der Waals surface area contributed by atoms with Crippen molar-refractivity contribution in [3.63, 3.8) is 0 Å². The van der Waals surface area contributed by atoms with E-state index < -0.39 is 10.4 Å². The van der Waals surface area contributed by atoms with Crippen LogP contribution in [0.3, 0.4) is 0 Å². The lowest BCUT2D eigenvalue weighted by Gasteiger charge is -2.08.